The number of fused-ring (bicyclic) bond motifs is 1. The Morgan fingerprint density at radius 1 is 0.821 bits per heavy atom. The molecule has 1 saturated heterocycles. The summed E-state index contributed by atoms with van der Waals surface area (Å²) in [7, 11) is 0. The van der Waals surface area contributed by atoms with Crippen LogP contribution in [0, 0.1) is 0 Å². The predicted molar refractivity (Wildman–Crippen MR) is 165 cm³/mol. The van der Waals surface area contributed by atoms with Crippen LogP contribution in [0.1, 0.15) is 11.1 Å². The van der Waals surface area contributed by atoms with Gasteiger partial charge in [0.15, 0.2) is 5.17 Å². The average Bonchev–Trinajstić information content (AvgIpc) is 3.27. The molecule has 39 heavy (non-hydrogen) atoms. The van der Waals surface area contributed by atoms with E-state index in [4.69, 9.17) is 9.73 Å². The van der Waals surface area contributed by atoms with E-state index in [9.17, 15) is 4.79 Å². The average molecular weight is 592 g/mol. The van der Waals surface area contributed by atoms with E-state index in [1.807, 2.05) is 103 Å². The quantitative estimate of drug-likeness (QED) is 0.185. The number of ether oxygens (including phenoxy) is 1. The van der Waals surface area contributed by atoms with Gasteiger partial charge in [0, 0.05) is 10.0 Å². The topological polar surface area (TPSA) is 41.9 Å². The molecule has 1 heterocycles. The number of benzene rings is 5. The third-order valence-electron chi connectivity index (χ3n) is 6.32. The zero-order valence-corrected chi connectivity index (χ0v) is 23.2. The fourth-order valence-corrected chi connectivity index (χ4v) is 5.82. The molecule has 190 valence electrons. The molecule has 0 aliphatic carbocycles. The molecule has 0 aromatic heterocycles. The maximum Gasteiger partial charge on any atom is 0.271 e. The molecule has 4 nitrogen and oxygen atoms in total. The third-order valence-corrected chi connectivity index (χ3v) is 7.79. The number of thioether (sulfide) groups is 1. The molecule has 0 unspecified atom stereocenters. The number of amides is 1. The minimum absolute atomic E-state index is 0.124. The predicted octanol–water partition coefficient (Wildman–Crippen LogP) is 8.99. The van der Waals surface area contributed by atoms with Gasteiger partial charge in [-0.3, -0.25) is 9.69 Å². The minimum atomic E-state index is -0.124. The number of carbonyl (C=O) groups is 1. The van der Waals surface area contributed by atoms with Crippen molar-refractivity contribution in [1.82, 2.24) is 0 Å². The molecule has 0 atom stereocenters. The van der Waals surface area contributed by atoms with E-state index in [1.54, 1.807) is 4.90 Å². The molecule has 0 saturated carbocycles. The van der Waals surface area contributed by atoms with Gasteiger partial charge in [-0.2, -0.15) is 0 Å². The molecule has 0 radical (unpaired) electrons. The number of para-hydroxylation sites is 2. The molecule has 1 fully saturated rings. The number of anilines is 1. The van der Waals surface area contributed by atoms with Crippen molar-refractivity contribution in [2.75, 3.05) is 4.90 Å². The summed E-state index contributed by atoms with van der Waals surface area (Å²) in [5.41, 5.74) is 3.48. The van der Waals surface area contributed by atoms with E-state index in [0.717, 1.165) is 27.0 Å². The molecule has 1 aliphatic rings. The maximum atomic E-state index is 13.7. The lowest BCUT2D eigenvalue weighted by molar-refractivity contribution is -0.113. The maximum absolute atomic E-state index is 13.7. The second-order valence-corrected chi connectivity index (χ2v) is 10.9. The third kappa shape index (κ3) is 5.53. The monoisotopic (exact) mass is 590 g/mol. The number of hydrogen-bond acceptors (Lipinski definition) is 4. The van der Waals surface area contributed by atoms with E-state index >= 15 is 0 Å². The first-order chi connectivity index (χ1) is 19.2. The van der Waals surface area contributed by atoms with Crippen molar-refractivity contribution in [2.24, 2.45) is 4.99 Å². The van der Waals surface area contributed by atoms with Crippen LogP contribution in [0.3, 0.4) is 0 Å². The van der Waals surface area contributed by atoms with Gasteiger partial charge in [-0.1, -0.05) is 94.8 Å². The Hall–Kier alpha value is -4.13. The van der Waals surface area contributed by atoms with Gasteiger partial charge in [-0.05, 0) is 76.6 Å². The second-order valence-electron chi connectivity index (χ2n) is 8.93. The molecule has 5 aromatic rings. The highest BCUT2D eigenvalue weighted by Crippen LogP contribution is 2.39. The zero-order valence-electron chi connectivity index (χ0n) is 20.8. The van der Waals surface area contributed by atoms with Crippen molar-refractivity contribution in [2.45, 2.75) is 6.61 Å². The second kappa shape index (κ2) is 11.3. The number of amidine groups is 1. The smallest absolute Gasteiger partial charge is 0.271 e. The Morgan fingerprint density at radius 3 is 2.36 bits per heavy atom. The SMILES string of the molecule is O=C1/C(=C\c2cc(Br)ccc2OCc2cccc3ccccc23)SC(=Nc2ccccc2)N1c1ccccc1. The normalized spacial score (nSPS) is 15.4. The number of hydrogen-bond donors (Lipinski definition) is 0. The first-order valence-electron chi connectivity index (χ1n) is 12.5. The van der Waals surface area contributed by atoms with Crippen LogP contribution in [0.4, 0.5) is 11.4 Å². The lowest BCUT2D eigenvalue weighted by Gasteiger charge is -2.15. The molecule has 1 amide bonds. The molecular weight excluding hydrogens is 568 g/mol. The summed E-state index contributed by atoms with van der Waals surface area (Å²) >= 11 is 4.94. The van der Waals surface area contributed by atoms with Crippen LogP contribution >= 0.6 is 27.7 Å². The van der Waals surface area contributed by atoms with E-state index in [1.165, 1.54) is 22.5 Å². The number of halogens is 1. The highest BCUT2D eigenvalue weighted by atomic mass is 79.9. The molecule has 5 aromatic carbocycles. The molecule has 6 heteroatoms. The fourth-order valence-electron chi connectivity index (χ4n) is 4.45. The lowest BCUT2D eigenvalue weighted by Crippen LogP contribution is -2.28. The lowest BCUT2D eigenvalue weighted by atomic mass is 10.1. The van der Waals surface area contributed by atoms with E-state index < -0.39 is 0 Å². The van der Waals surface area contributed by atoms with Gasteiger partial charge in [0.1, 0.15) is 12.4 Å². The van der Waals surface area contributed by atoms with Crippen LogP contribution < -0.4 is 9.64 Å². The molecule has 0 bridgehead atoms. The molecule has 1 aliphatic heterocycles. The Balaban J connectivity index is 1.35. The van der Waals surface area contributed by atoms with Gasteiger partial charge in [0.25, 0.3) is 5.91 Å². The van der Waals surface area contributed by atoms with Gasteiger partial charge < -0.3 is 4.74 Å². The summed E-state index contributed by atoms with van der Waals surface area (Å²) < 4.78 is 7.24. The first-order valence-corrected chi connectivity index (χ1v) is 14.1. The van der Waals surface area contributed by atoms with Gasteiger partial charge in [-0.25, -0.2) is 4.99 Å². The van der Waals surface area contributed by atoms with Gasteiger partial charge >= 0.3 is 0 Å². The molecule has 0 spiro atoms. The van der Waals surface area contributed by atoms with Crippen molar-refractivity contribution in [1.29, 1.82) is 0 Å². The summed E-state index contributed by atoms with van der Waals surface area (Å²) in [5.74, 6) is 0.576. The highest BCUT2D eigenvalue weighted by molar-refractivity contribution is 9.10. The van der Waals surface area contributed by atoms with Crippen LogP contribution in [0.2, 0.25) is 0 Å². The van der Waals surface area contributed by atoms with E-state index in [2.05, 4.69) is 40.2 Å². The Labute approximate surface area is 239 Å². The van der Waals surface area contributed by atoms with E-state index in [-0.39, 0.29) is 5.91 Å². The summed E-state index contributed by atoms with van der Waals surface area (Å²) in [6.07, 6.45) is 1.89. The molecule has 0 N–H and O–H groups in total. The van der Waals surface area contributed by atoms with Crippen molar-refractivity contribution in [3.05, 3.63) is 142 Å². The largest absolute Gasteiger partial charge is 0.488 e. The summed E-state index contributed by atoms with van der Waals surface area (Å²) in [4.78, 5) is 20.8. The highest BCUT2D eigenvalue weighted by Gasteiger charge is 2.35. The van der Waals surface area contributed by atoms with Crippen LogP contribution in [-0.4, -0.2) is 11.1 Å². The van der Waals surface area contributed by atoms with Crippen LogP contribution in [0.25, 0.3) is 16.8 Å². The van der Waals surface area contributed by atoms with Crippen molar-refractivity contribution < 1.29 is 9.53 Å². The molecule has 6 rings (SSSR count). The van der Waals surface area contributed by atoms with Crippen molar-refractivity contribution >= 4 is 67.0 Å². The molecular formula is C33H23BrN2O2S. The Bertz CT molecular complexity index is 1710. The van der Waals surface area contributed by atoms with Gasteiger partial charge in [0.2, 0.25) is 0 Å². The Morgan fingerprint density at radius 2 is 1.54 bits per heavy atom. The van der Waals surface area contributed by atoms with Crippen molar-refractivity contribution in [3.8, 4) is 5.75 Å². The fraction of sp³-hybridized carbons (Fsp3) is 0.0303. The number of carbonyl (C=O) groups excluding carboxylic acids is 1. The zero-order chi connectivity index (χ0) is 26.6. The van der Waals surface area contributed by atoms with Crippen LogP contribution in [0.5, 0.6) is 5.75 Å². The number of rotatable bonds is 6. The standard InChI is InChI=1S/C33H23BrN2O2S/c34-26-18-19-30(38-22-24-12-9-11-23-10-7-8-17-29(23)24)25(20-26)21-31-32(37)36(28-15-5-2-6-16-28)33(39-31)35-27-13-3-1-4-14-27/h1-21H,22H2/b31-21+,35-33?. The van der Waals surface area contributed by atoms with E-state index in [0.29, 0.717) is 22.4 Å². The van der Waals surface area contributed by atoms with Gasteiger partial charge in [0.05, 0.1) is 16.3 Å². The minimum Gasteiger partial charge on any atom is -0.488 e. The Kier molecular flexibility index (Phi) is 7.30. The van der Waals surface area contributed by atoms with Crippen LogP contribution in [-0.2, 0) is 11.4 Å². The van der Waals surface area contributed by atoms with Crippen molar-refractivity contribution in [3.63, 3.8) is 0 Å². The summed E-state index contributed by atoms with van der Waals surface area (Å²) in [6, 6.07) is 39.6. The summed E-state index contributed by atoms with van der Waals surface area (Å²) in [5, 5.41) is 2.95. The first kappa shape index (κ1) is 25.2. The summed E-state index contributed by atoms with van der Waals surface area (Å²) in [6.45, 7) is 0.414. The number of aliphatic imine (C=N–C) groups is 1. The van der Waals surface area contributed by atoms with Crippen LogP contribution in [0.15, 0.2) is 136 Å². The number of nitrogens with zero attached hydrogens (tertiary/aromatic N) is 2. The van der Waals surface area contributed by atoms with Gasteiger partial charge in [-0.15, -0.1) is 0 Å².